The molecule has 146 valence electrons. The molecule has 0 aromatic carbocycles. The van der Waals surface area contributed by atoms with Gasteiger partial charge in [-0.1, -0.05) is 0 Å². The Morgan fingerprint density at radius 1 is 1.18 bits per heavy atom. The molecule has 8 heteroatoms. The highest BCUT2D eigenvalue weighted by Crippen LogP contribution is 2.27. The van der Waals surface area contributed by atoms with Crippen LogP contribution in [0.25, 0.3) is 5.65 Å². The van der Waals surface area contributed by atoms with Crippen LogP contribution >= 0.6 is 11.3 Å². The van der Waals surface area contributed by atoms with Gasteiger partial charge in [0.25, 0.3) is 5.91 Å². The third kappa shape index (κ3) is 3.38. The third-order valence-corrected chi connectivity index (χ3v) is 6.23. The number of carbonyl (C=O) groups excluding carboxylic acids is 1. The maximum absolute atomic E-state index is 12.7. The number of nitrogens with zero attached hydrogens (tertiary/aromatic N) is 5. The Hall–Kier alpha value is -2.45. The number of amides is 1. The molecule has 7 nitrogen and oxygen atoms in total. The number of carbonyl (C=O) groups is 1. The molecule has 0 saturated carbocycles. The van der Waals surface area contributed by atoms with Crippen LogP contribution in [-0.2, 0) is 4.74 Å². The van der Waals surface area contributed by atoms with Gasteiger partial charge < -0.3 is 14.5 Å². The average molecular weight is 398 g/mol. The molecule has 2 saturated heterocycles. The summed E-state index contributed by atoms with van der Waals surface area (Å²) in [5.74, 6) is 1.13. The van der Waals surface area contributed by atoms with Gasteiger partial charge in [-0.15, -0.1) is 0 Å². The monoisotopic (exact) mass is 397 g/mol. The first-order valence-corrected chi connectivity index (χ1v) is 10.7. The summed E-state index contributed by atoms with van der Waals surface area (Å²) in [4.78, 5) is 21.7. The van der Waals surface area contributed by atoms with Crippen LogP contribution in [0.5, 0.6) is 0 Å². The Morgan fingerprint density at radius 3 is 2.89 bits per heavy atom. The number of hydrogen-bond donors (Lipinski definition) is 0. The lowest BCUT2D eigenvalue weighted by atomic mass is 9.97. The van der Waals surface area contributed by atoms with Gasteiger partial charge in [0.2, 0.25) is 0 Å². The van der Waals surface area contributed by atoms with E-state index in [0.717, 1.165) is 68.4 Å². The lowest BCUT2D eigenvalue weighted by Crippen LogP contribution is -2.39. The number of ether oxygens (including phenoxy) is 1. The normalized spacial score (nSPS) is 20.6. The van der Waals surface area contributed by atoms with Gasteiger partial charge in [-0.05, 0) is 36.4 Å². The van der Waals surface area contributed by atoms with Gasteiger partial charge in [-0.2, -0.15) is 16.4 Å². The van der Waals surface area contributed by atoms with Crippen molar-refractivity contribution in [3.8, 4) is 0 Å². The topological polar surface area (TPSA) is 63.0 Å². The molecular formula is C20H23N5O2S. The molecule has 28 heavy (non-hydrogen) atoms. The van der Waals surface area contributed by atoms with Gasteiger partial charge in [-0.25, -0.2) is 9.50 Å². The summed E-state index contributed by atoms with van der Waals surface area (Å²) >= 11 is 1.56. The Bertz CT molecular complexity index is 964. The van der Waals surface area contributed by atoms with Gasteiger partial charge in [-0.3, -0.25) is 4.79 Å². The molecule has 5 heterocycles. The summed E-state index contributed by atoms with van der Waals surface area (Å²) in [6.07, 6.45) is 4.05. The van der Waals surface area contributed by atoms with Crippen LogP contribution < -0.4 is 4.90 Å². The number of morpholine rings is 1. The van der Waals surface area contributed by atoms with E-state index < -0.39 is 0 Å². The minimum Gasteiger partial charge on any atom is -0.378 e. The summed E-state index contributed by atoms with van der Waals surface area (Å²) in [7, 11) is 0. The predicted octanol–water partition coefficient (Wildman–Crippen LogP) is 2.65. The number of fused-ring (bicyclic) bond motifs is 1. The summed E-state index contributed by atoms with van der Waals surface area (Å²) in [6, 6.07) is 6.03. The van der Waals surface area contributed by atoms with E-state index in [0.29, 0.717) is 6.54 Å². The van der Waals surface area contributed by atoms with Crippen molar-refractivity contribution in [1.29, 1.82) is 0 Å². The first-order chi connectivity index (χ1) is 13.8. The molecule has 0 unspecified atom stereocenters. The van der Waals surface area contributed by atoms with E-state index in [1.165, 1.54) is 0 Å². The molecule has 0 N–H and O–H groups in total. The molecular weight excluding hydrogens is 374 g/mol. The minimum atomic E-state index is 0.115. The highest BCUT2D eigenvalue weighted by Gasteiger charge is 2.28. The van der Waals surface area contributed by atoms with E-state index in [2.05, 4.69) is 11.0 Å². The number of rotatable bonds is 3. The molecule has 1 amide bonds. The summed E-state index contributed by atoms with van der Waals surface area (Å²) in [6.45, 7) is 4.81. The SMILES string of the molecule is O=C(c1ccsc1)N1CCC[C@@H](c2nc3ccc(N4CCOCC4)cn3n2)C1. The van der Waals surface area contributed by atoms with Crippen molar-refractivity contribution in [3.63, 3.8) is 0 Å². The second-order valence-electron chi connectivity index (χ2n) is 7.36. The van der Waals surface area contributed by atoms with E-state index >= 15 is 0 Å². The van der Waals surface area contributed by atoms with Gasteiger partial charge in [0.1, 0.15) is 0 Å². The van der Waals surface area contributed by atoms with Crippen molar-refractivity contribution in [1.82, 2.24) is 19.5 Å². The van der Waals surface area contributed by atoms with Gasteiger partial charge in [0, 0.05) is 37.5 Å². The molecule has 0 bridgehead atoms. The van der Waals surface area contributed by atoms with Crippen molar-refractivity contribution in [2.24, 2.45) is 0 Å². The molecule has 0 spiro atoms. The van der Waals surface area contributed by atoms with Crippen molar-refractivity contribution in [3.05, 3.63) is 46.5 Å². The second-order valence-corrected chi connectivity index (χ2v) is 8.14. The number of piperidine rings is 1. The molecule has 0 radical (unpaired) electrons. The number of thiophene rings is 1. The second kappa shape index (κ2) is 7.52. The van der Waals surface area contributed by atoms with E-state index in [4.69, 9.17) is 14.8 Å². The Balaban J connectivity index is 1.35. The predicted molar refractivity (Wildman–Crippen MR) is 108 cm³/mol. The molecule has 2 aliphatic heterocycles. The van der Waals surface area contributed by atoms with Crippen molar-refractivity contribution in [2.75, 3.05) is 44.3 Å². The highest BCUT2D eigenvalue weighted by atomic mass is 32.1. The number of hydrogen-bond acceptors (Lipinski definition) is 6. The quantitative estimate of drug-likeness (QED) is 0.680. The van der Waals surface area contributed by atoms with Crippen molar-refractivity contribution in [2.45, 2.75) is 18.8 Å². The fraction of sp³-hybridized carbons (Fsp3) is 0.450. The average Bonchev–Trinajstić information content (AvgIpc) is 3.43. The van der Waals surface area contributed by atoms with Crippen LogP contribution in [0.15, 0.2) is 35.2 Å². The molecule has 1 atom stereocenters. The fourth-order valence-corrected chi connectivity index (χ4v) is 4.64. The molecule has 3 aromatic rings. The number of likely N-dealkylation sites (tertiary alicyclic amines) is 1. The lowest BCUT2D eigenvalue weighted by molar-refractivity contribution is 0.0705. The first-order valence-electron chi connectivity index (χ1n) is 9.78. The fourth-order valence-electron chi connectivity index (χ4n) is 4.01. The third-order valence-electron chi connectivity index (χ3n) is 5.55. The zero-order chi connectivity index (χ0) is 18.9. The molecule has 2 aliphatic rings. The van der Waals surface area contributed by atoms with Crippen LogP contribution in [0.2, 0.25) is 0 Å². The zero-order valence-corrected chi connectivity index (χ0v) is 16.5. The van der Waals surface area contributed by atoms with Crippen molar-refractivity contribution < 1.29 is 9.53 Å². The Kier molecular flexibility index (Phi) is 4.74. The number of anilines is 1. The Labute approximate surface area is 167 Å². The molecule has 5 rings (SSSR count). The summed E-state index contributed by atoms with van der Waals surface area (Å²) in [5.41, 5.74) is 2.78. The summed E-state index contributed by atoms with van der Waals surface area (Å²) < 4.78 is 7.32. The molecule has 0 aliphatic carbocycles. The number of aromatic nitrogens is 3. The minimum absolute atomic E-state index is 0.115. The van der Waals surface area contributed by atoms with Crippen LogP contribution in [0.3, 0.4) is 0 Å². The maximum atomic E-state index is 12.7. The van der Waals surface area contributed by atoms with E-state index in [9.17, 15) is 4.79 Å². The van der Waals surface area contributed by atoms with Gasteiger partial charge >= 0.3 is 0 Å². The zero-order valence-electron chi connectivity index (χ0n) is 15.7. The maximum Gasteiger partial charge on any atom is 0.254 e. The standard InChI is InChI=1S/C20H23N5O2S/c26-20(16-5-11-28-14-16)24-6-1-2-15(12-24)19-21-18-4-3-17(13-25(18)22-19)23-7-9-27-10-8-23/h3-5,11,13-15H,1-2,6-10,12H2/t15-/m1/s1. The van der Waals surface area contributed by atoms with Gasteiger partial charge in [0.05, 0.1) is 30.7 Å². The van der Waals surface area contributed by atoms with Gasteiger partial charge in [0.15, 0.2) is 11.5 Å². The highest BCUT2D eigenvalue weighted by molar-refractivity contribution is 7.08. The van der Waals surface area contributed by atoms with E-state index in [-0.39, 0.29) is 11.8 Å². The van der Waals surface area contributed by atoms with Crippen LogP contribution in [0, 0.1) is 0 Å². The van der Waals surface area contributed by atoms with Crippen molar-refractivity contribution >= 4 is 28.6 Å². The van der Waals surface area contributed by atoms with Crippen LogP contribution in [0.1, 0.15) is 34.9 Å². The summed E-state index contributed by atoms with van der Waals surface area (Å²) in [5, 5.41) is 8.63. The largest absolute Gasteiger partial charge is 0.378 e. The number of pyridine rings is 1. The van der Waals surface area contributed by atoms with E-state index in [1.54, 1.807) is 11.3 Å². The lowest BCUT2D eigenvalue weighted by Gasteiger charge is -2.31. The van der Waals surface area contributed by atoms with E-state index in [1.807, 2.05) is 38.5 Å². The Morgan fingerprint density at radius 2 is 2.07 bits per heavy atom. The van der Waals surface area contributed by atoms with Crippen LogP contribution in [-0.4, -0.2) is 64.8 Å². The molecule has 2 fully saturated rings. The smallest absolute Gasteiger partial charge is 0.254 e. The first kappa shape index (κ1) is 17.6. The van der Waals surface area contributed by atoms with Crippen LogP contribution in [0.4, 0.5) is 5.69 Å². The molecule has 3 aromatic heterocycles.